The quantitative estimate of drug-likeness (QED) is 0.0423. The van der Waals surface area contributed by atoms with Gasteiger partial charge in [0.2, 0.25) is 6.35 Å². The lowest BCUT2D eigenvalue weighted by molar-refractivity contribution is -0.146. The van der Waals surface area contributed by atoms with Crippen LogP contribution in [-0.2, 0) is 47.6 Å². The van der Waals surface area contributed by atoms with Crippen molar-refractivity contribution in [1.29, 1.82) is 0 Å². The Labute approximate surface area is 352 Å². The molecule has 0 bridgehead atoms. The van der Waals surface area contributed by atoms with Gasteiger partial charge in [-0.25, -0.2) is 43.3 Å². The van der Waals surface area contributed by atoms with Crippen LogP contribution in [0.15, 0.2) is 50.6 Å². The summed E-state index contributed by atoms with van der Waals surface area (Å²) in [5, 5.41) is 15.9. The highest BCUT2D eigenvalue weighted by Gasteiger charge is 2.42. The molecule has 0 spiro atoms. The van der Waals surface area contributed by atoms with Crippen molar-refractivity contribution in [3.8, 4) is 0 Å². The van der Waals surface area contributed by atoms with E-state index in [1.54, 1.807) is 6.92 Å². The summed E-state index contributed by atoms with van der Waals surface area (Å²) in [5.41, 5.74) is -2.61. The first-order chi connectivity index (χ1) is 28.0. The molecule has 1 unspecified atom stereocenters. The number of esters is 4. The number of rotatable bonds is 29. The summed E-state index contributed by atoms with van der Waals surface area (Å²) < 4.78 is 30.4. The molecule has 6 amide bonds. The number of nitrogens with zero attached hydrogens (tertiary/aromatic N) is 3. The van der Waals surface area contributed by atoms with E-state index in [9.17, 15) is 43.5 Å². The van der Waals surface area contributed by atoms with Crippen LogP contribution in [0.2, 0.25) is 0 Å². The summed E-state index contributed by atoms with van der Waals surface area (Å²) in [6.45, 7) is 16.9. The molecule has 1 heterocycles. The van der Waals surface area contributed by atoms with Crippen LogP contribution in [0.3, 0.4) is 0 Å². The fraction of sp³-hybridized carbons (Fsp3) is 0.568. The molecular weight excluding hydrogens is 819 g/mol. The molecule has 1 fully saturated rings. The van der Waals surface area contributed by atoms with Crippen molar-refractivity contribution in [2.24, 2.45) is 0 Å². The predicted molar refractivity (Wildman–Crippen MR) is 217 cm³/mol. The number of nitrogens with one attached hydrogen (secondary N) is 2. The van der Waals surface area contributed by atoms with Crippen LogP contribution < -0.4 is 10.6 Å². The third-order valence-electron chi connectivity index (χ3n) is 7.74. The van der Waals surface area contributed by atoms with Crippen LogP contribution in [0.1, 0.15) is 33.6 Å². The highest BCUT2D eigenvalue weighted by atomic mass is 32.2. The molecule has 3 N–H and O–H groups in total. The second-order valence-corrected chi connectivity index (χ2v) is 15.3. The molecule has 0 aliphatic carbocycles. The topological polar surface area (TPSA) is 246 Å². The van der Waals surface area contributed by atoms with Crippen molar-refractivity contribution >= 4 is 71.6 Å². The van der Waals surface area contributed by atoms with Crippen LogP contribution in [0.5, 0.6) is 0 Å². The van der Waals surface area contributed by atoms with Crippen molar-refractivity contribution in [2.45, 2.75) is 51.0 Å². The number of alkyl carbamates (subject to hydrolysis) is 2. The first-order valence-corrected chi connectivity index (χ1v) is 20.6. The van der Waals surface area contributed by atoms with Crippen molar-refractivity contribution in [3.63, 3.8) is 0 Å². The van der Waals surface area contributed by atoms with Gasteiger partial charge < -0.3 is 44.2 Å². The first-order valence-electron chi connectivity index (χ1n) is 18.3. The van der Waals surface area contributed by atoms with Crippen molar-refractivity contribution in [3.05, 3.63) is 50.6 Å². The third kappa shape index (κ3) is 19.9. The van der Waals surface area contributed by atoms with Gasteiger partial charge in [-0.1, -0.05) is 26.3 Å². The van der Waals surface area contributed by atoms with Gasteiger partial charge in [0.25, 0.3) is 0 Å². The lowest BCUT2D eigenvalue weighted by Crippen LogP contribution is -2.66. The molecule has 1 saturated heterocycles. The maximum absolute atomic E-state index is 13.3. The average molecular weight is 874 g/mol. The zero-order chi connectivity index (χ0) is 44.4. The third-order valence-corrected chi connectivity index (χ3v) is 9.80. The number of urea groups is 2. The number of aliphatic hydroxyl groups is 1. The molecule has 0 radical (unpaired) electrons. The number of aliphatic hydroxyl groups excluding tert-OH is 1. The Morgan fingerprint density at radius 3 is 1.34 bits per heavy atom. The molecule has 0 aromatic heterocycles. The van der Waals surface area contributed by atoms with Gasteiger partial charge in [-0.2, -0.15) is 23.5 Å². The molecule has 59 heavy (non-hydrogen) atoms. The Hall–Kier alpha value is -5.22. The number of hydrogen-bond donors (Lipinski definition) is 3. The lowest BCUT2D eigenvalue weighted by Gasteiger charge is -2.44. The number of ether oxygens (including phenoxy) is 6. The Kier molecular flexibility index (Phi) is 24.1. The normalized spacial score (nSPS) is 14.0. The molecule has 22 heteroatoms. The van der Waals surface area contributed by atoms with E-state index in [1.165, 1.54) is 47.2 Å². The van der Waals surface area contributed by atoms with Gasteiger partial charge >= 0.3 is 48.1 Å². The Bertz CT molecular complexity index is 1470. The molecule has 330 valence electrons. The molecule has 0 saturated carbocycles. The molecule has 0 aromatic rings. The van der Waals surface area contributed by atoms with Gasteiger partial charge in [0.1, 0.15) is 50.7 Å². The first kappa shape index (κ1) is 51.8. The predicted octanol–water partition coefficient (Wildman–Crippen LogP) is 2.58. The highest BCUT2D eigenvalue weighted by Crippen LogP contribution is 2.20. The van der Waals surface area contributed by atoms with E-state index >= 15 is 0 Å². The van der Waals surface area contributed by atoms with Crippen LogP contribution in [-0.4, -0.2) is 168 Å². The summed E-state index contributed by atoms with van der Waals surface area (Å²) in [5.74, 6) is -1.16. The Morgan fingerprint density at radius 2 is 0.983 bits per heavy atom. The van der Waals surface area contributed by atoms with Crippen LogP contribution in [0.4, 0.5) is 19.2 Å². The Balaban J connectivity index is 2.52. The fourth-order valence-corrected chi connectivity index (χ4v) is 6.14. The number of carbonyl (C=O) groups excluding carboxylic acids is 8. The summed E-state index contributed by atoms with van der Waals surface area (Å²) in [7, 11) is 0. The molecule has 20 nitrogen and oxygen atoms in total. The molecule has 1 atom stereocenters. The van der Waals surface area contributed by atoms with E-state index in [2.05, 4.69) is 36.9 Å². The number of carbonyl (C=O) groups is 8. The maximum Gasteiger partial charge on any atom is 0.407 e. The van der Waals surface area contributed by atoms with E-state index in [-0.39, 0.29) is 59.3 Å². The van der Waals surface area contributed by atoms with Crippen molar-refractivity contribution in [1.82, 2.24) is 25.3 Å². The van der Waals surface area contributed by atoms with Crippen LogP contribution in [0.25, 0.3) is 0 Å². The summed E-state index contributed by atoms with van der Waals surface area (Å²) in [6.07, 6.45) is 1.53. The summed E-state index contributed by atoms with van der Waals surface area (Å²) in [6, 6.07) is -1.26. The maximum atomic E-state index is 13.3. The molecule has 1 aliphatic rings. The number of hydrogen-bond acceptors (Lipinski definition) is 17. The van der Waals surface area contributed by atoms with Gasteiger partial charge in [-0.3, -0.25) is 9.80 Å². The van der Waals surface area contributed by atoms with E-state index in [0.29, 0.717) is 35.9 Å². The highest BCUT2D eigenvalue weighted by molar-refractivity contribution is 7.99. The Morgan fingerprint density at radius 1 is 0.627 bits per heavy atom. The van der Waals surface area contributed by atoms with E-state index in [0.717, 1.165) is 29.2 Å². The van der Waals surface area contributed by atoms with Crippen molar-refractivity contribution in [2.75, 3.05) is 82.3 Å². The molecular formula is C37H55N5O15S2. The minimum Gasteiger partial charge on any atom is -0.460 e. The van der Waals surface area contributed by atoms with Crippen molar-refractivity contribution < 1.29 is 71.9 Å². The van der Waals surface area contributed by atoms with Gasteiger partial charge in [0.15, 0.2) is 0 Å². The standard InChI is InChI=1S/C37H55N5O15S2/c1-8-27(43)54-23-36(6,24-55-28(44)9-2)38-31(47)52-17-21-58-19-13-15-41-33(49)40(12-5)34(50)42(35(41)51)16-14-20-59-22-18-53-32(48)39-37(7,25-56-29(45)10-3)26-57-30(46)11-4/h8-11,33,49H,1-4,12-26H2,5-7H3,(H,38,47)(H,39,48). The summed E-state index contributed by atoms with van der Waals surface area (Å²) >= 11 is 2.83. The minimum absolute atomic E-state index is 0.00253. The van der Waals surface area contributed by atoms with Gasteiger partial charge in [0, 0.05) is 55.4 Å². The number of amides is 6. The largest absolute Gasteiger partial charge is 0.460 e. The number of imide groups is 1. The van der Waals surface area contributed by atoms with Crippen LogP contribution >= 0.6 is 23.5 Å². The van der Waals surface area contributed by atoms with E-state index < -0.39 is 65.6 Å². The smallest absolute Gasteiger partial charge is 0.407 e. The zero-order valence-corrected chi connectivity index (χ0v) is 35.3. The van der Waals surface area contributed by atoms with Gasteiger partial charge in [-0.15, -0.1) is 0 Å². The SMILES string of the molecule is C=CC(=O)OCC(C)(COC(=O)C=C)NC(=O)OCCSCCCN1C(=O)N(CC)C(O)N(CCCSCCOC(=O)NC(C)(COC(=O)C=C)COC(=O)C=C)C1=O. The monoisotopic (exact) mass is 873 g/mol. The fourth-order valence-electron chi connectivity index (χ4n) is 4.66. The zero-order valence-electron chi connectivity index (χ0n) is 33.6. The summed E-state index contributed by atoms with van der Waals surface area (Å²) in [4.78, 5) is 101. The number of thioether (sulfide) groups is 2. The molecule has 1 aliphatic heterocycles. The van der Waals surface area contributed by atoms with Gasteiger partial charge in [-0.05, 0) is 45.1 Å². The minimum atomic E-state index is -1.44. The lowest BCUT2D eigenvalue weighted by atomic mass is 10.1. The second-order valence-electron chi connectivity index (χ2n) is 12.9. The molecule has 0 aromatic carbocycles. The second kappa shape index (κ2) is 27.5. The average Bonchev–Trinajstić information content (AvgIpc) is 3.21. The molecule has 1 rings (SSSR count). The van der Waals surface area contributed by atoms with Gasteiger partial charge in [0.05, 0.1) is 0 Å². The van der Waals surface area contributed by atoms with E-state index in [4.69, 9.17) is 28.4 Å². The van der Waals surface area contributed by atoms with Crippen LogP contribution in [0, 0.1) is 0 Å². The van der Waals surface area contributed by atoms with E-state index in [1.807, 2.05) is 0 Å².